The van der Waals surface area contributed by atoms with Gasteiger partial charge >= 0.3 is 0 Å². The van der Waals surface area contributed by atoms with Gasteiger partial charge in [0, 0.05) is 15.8 Å². The zero-order chi connectivity index (χ0) is 17.6. The van der Waals surface area contributed by atoms with Crippen molar-refractivity contribution in [3.8, 4) is 11.1 Å². The summed E-state index contributed by atoms with van der Waals surface area (Å²) in [6, 6.07) is 10.3. The monoisotopic (exact) mass is 412 g/mol. The van der Waals surface area contributed by atoms with Crippen molar-refractivity contribution >= 4 is 25.8 Å². The zero-order valence-electron chi connectivity index (χ0n) is 14.0. The summed E-state index contributed by atoms with van der Waals surface area (Å²) in [6.07, 6.45) is 7.64. The molecule has 1 heterocycles. The van der Waals surface area contributed by atoms with E-state index in [2.05, 4.69) is 48.0 Å². The number of hydrogen-bond donors (Lipinski definition) is 0. The van der Waals surface area contributed by atoms with Crippen molar-refractivity contribution in [3.05, 3.63) is 75.8 Å². The lowest BCUT2D eigenvalue weighted by Gasteiger charge is -2.22. The molecule has 2 aromatic rings. The molecule has 0 N–H and O–H groups in total. The van der Waals surface area contributed by atoms with Gasteiger partial charge in [0.2, 0.25) is 0 Å². The van der Waals surface area contributed by atoms with E-state index in [1.165, 1.54) is 11.1 Å². The van der Waals surface area contributed by atoms with Crippen LogP contribution in [0.25, 0.3) is 11.1 Å². The van der Waals surface area contributed by atoms with E-state index in [1.807, 2.05) is 36.4 Å². The van der Waals surface area contributed by atoms with Crippen LogP contribution in [-0.4, -0.2) is 13.7 Å². The summed E-state index contributed by atoms with van der Waals surface area (Å²) in [7, 11) is -3.32. The number of benzene rings is 2. The average molecular weight is 413 g/mol. The van der Waals surface area contributed by atoms with Crippen molar-refractivity contribution in [3.63, 3.8) is 0 Å². The number of allylic oxidation sites excluding steroid dienone is 3. The standard InChI is InChI=1S/C21H17BrO2S/c1-21(2)17-9-12(22)7-8-13(17)15-11-20-16(10-18(15)21)14-5-3-4-6-19(14)25(20,23)24/h3-11,14,19H,1-2H3. The highest BCUT2D eigenvalue weighted by atomic mass is 79.9. The molecule has 2 aliphatic carbocycles. The van der Waals surface area contributed by atoms with Gasteiger partial charge in [-0.05, 0) is 46.0 Å². The maximum atomic E-state index is 13.1. The Morgan fingerprint density at radius 3 is 2.48 bits per heavy atom. The molecule has 0 saturated carbocycles. The minimum atomic E-state index is -3.32. The van der Waals surface area contributed by atoms with Gasteiger partial charge in [0.1, 0.15) is 0 Å². The van der Waals surface area contributed by atoms with Crippen LogP contribution in [-0.2, 0) is 15.3 Å². The summed E-state index contributed by atoms with van der Waals surface area (Å²) in [5.41, 5.74) is 5.47. The topological polar surface area (TPSA) is 34.1 Å². The van der Waals surface area contributed by atoms with E-state index < -0.39 is 15.1 Å². The summed E-state index contributed by atoms with van der Waals surface area (Å²) in [5, 5.41) is -0.456. The van der Waals surface area contributed by atoms with Crippen LogP contribution in [0.3, 0.4) is 0 Å². The van der Waals surface area contributed by atoms with E-state index in [4.69, 9.17) is 0 Å². The first-order valence-electron chi connectivity index (χ1n) is 8.39. The van der Waals surface area contributed by atoms with Crippen LogP contribution in [0, 0.1) is 0 Å². The van der Waals surface area contributed by atoms with Crippen molar-refractivity contribution in [2.75, 3.05) is 0 Å². The van der Waals surface area contributed by atoms with Gasteiger partial charge in [0.15, 0.2) is 9.84 Å². The molecule has 25 heavy (non-hydrogen) atoms. The molecule has 2 nitrogen and oxygen atoms in total. The third-order valence-corrected chi connectivity index (χ3v) is 8.50. The molecule has 1 aliphatic heterocycles. The van der Waals surface area contributed by atoms with E-state index in [-0.39, 0.29) is 11.3 Å². The maximum Gasteiger partial charge on any atom is 0.186 e. The fourth-order valence-electron chi connectivity index (χ4n) is 4.57. The second kappa shape index (κ2) is 4.74. The Labute approximate surface area is 156 Å². The average Bonchev–Trinajstić information content (AvgIpc) is 2.94. The van der Waals surface area contributed by atoms with Crippen molar-refractivity contribution < 1.29 is 8.42 Å². The molecule has 0 aromatic heterocycles. The maximum absolute atomic E-state index is 13.1. The van der Waals surface area contributed by atoms with Crippen molar-refractivity contribution in [2.45, 2.75) is 35.3 Å². The zero-order valence-corrected chi connectivity index (χ0v) is 16.4. The minimum absolute atomic E-state index is 0.0680. The van der Waals surface area contributed by atoms with Gasteiger partial charge in [-0.1, -0.05) is 66.2 Å². The van der Waals surface area contributed by atoms with Crippen LogP contribution < -0.4 is 0 Å². The molecule has 2 aromatic carbocycles. The predicted octanol–water partition coefficient (Wildman–Crippen LogP) is 5.12. The van der Waals surface area contributed by atoms with E-state index in [0.717, 1.165) is 21.2 Å². The van der Waals surface area contributed by atoms with Gasteiger partial charge < -0.3 is 0 Å². The Morgan fingerprint density at radius 2 is 1.68 bits per heavy atom. The van der Waals surface area contributed by atoms with Crippen LogP contribution in [0.15, 0.2) is 64.0 Å². The number of hydrogen-bond acceptors (Lipinski definition) is 2. The van der Waals surface area contributed by atoms with Gasteiger partial charge in [-0.3, -0.25) is 0 Å². The summed E-state index contributed by atoms with van der Waals surface area (Å²) in [5.74, 6) is -0.0680. The second-order valence-corrected chi connectivity index (χ2v) is 10.5. The van der Waals surface area contributed by atoms with Crippen LogP contribution in [0.5, 0.6) is 0 Å². The Morgan fingerprint density at radius 1 is 0.960 bits per heavy atom. The molecule has 0 saturated heterocycles. The van der Waals surface area contributed by atoms with Crippen LogP contribution >= 0.6 is 15.9 Å². The number of halogens is 1. The molecule has 3 aliphatic rings. The molecule has 126 valence electrons. The van der Waals surface area contributed by atoms with Gasteiger partial charge in [0.05, 0.1) is 10.1 Å². The lowest BCUT2D eigenvalue weighted by atomic mass is 9.80. The highest BCUT2D eigenvalue weighted by molar-refractivity contribution is 9.10. The summed E-state index contributed by atoms with van der Waals surface area (Å²) < 4.78 is 27.2. The van der Waals surface area contributed by atoms with Crippen molar-refractivity contribution in [1.82, 2.24) is 0 Å². The largest absolute Gasteiger partial charge is 0.223 e. The van der Waals surface area contributed by atoms with Crippen molar-refractivity contribution in [1.29, 1.82) is 0 Å². The van der Waals surface area contributed by atoms with E-state index >= 15 is 0 Å². The molecule has 2 atom stereocenters. The van der Waals surface area contributed by atoms with Gasteiger partial charge in [0.25, 0.3) is 0 Å². The van der Waals surface area contributed by atoms with Gasteiger partial charge in [-0.15, -0.1) is 0 Å². The number of sulfone groups is 1. The number of rotatable bonds is 0. The minimum Gasteiger partial charge on any atom is -0.223 e. The third-order valence-electron chi connectivity index (χ3n) is 5.88. The second-order valence-electron chi connectivity index (χ2n) is 7.56. The van der Waals surface area contributed by atoms with Gasteiger partial charge in [-0.25, -0.2) is 8.42 Å². The summed E-state index contributed by atoms with van der Waals surface area (Å²) in [4.78, 5) is 0.504. The first kappa shape index (κ1) is 15.6. The molecule has 5 rings (SSSR count). The molecule has 2 unspecified atom stereocenters. The highest BCUT2D eigenvalue weighted by Gasteiger charge is 2.46. The molecule has 0 bridgehead atoms. The molecule has 4 heteroatoms. The Balaban J connectivity index is 1.84. The predicted molar refractivity (Wildman–Crippen MR) is 104 cm³/mol. The van der Waals surface area contributed by atoms with Crippen molar-refractivity contribution in [2.24, 2.45) is 0 Å². The Hall–Kier alpha value is -1.65. The molecule has 0 fully saturated rings. The highest BCUT2D eigenvalue weighted by Crippen LogP contribution is 2.54. The van der Waals surface area contributed by atoms with E-state index in [0.29, 0.717) is 4.90 Å². The lowest BCUT2D eigenvalue weighted by Crippen LogP contribution is -2.18. The summed E-state index contributed by atoms with van der Waals surface area (Å²) >= 11 is 3.57. The van der Waals surface area contributed by atoms with Crippen LogP contribution in [0.2, 0.25) is 0 Å². The molecule has 0 amide bonds. The molecular formula is C21H17BrO2S. The SMILES string of the molecule is CC1(C)c2cc(Br)ccc2-c2cc3c(cc21)C1C=CC=CC1S3(=O)=O. The van der Waals surface area contributed by atoms with Crippen LogP contribution in [0.1, 0.15) is 36.5 Å². The smallest absolute Gasteiger partial charge is 0.186 e. The number of fused-ring (bicyclic) bond motifs is 6. The van der Waals surface area contributed by atoms with E-state index in [1.54, 1.807) is 0 Å². The molecule has 0 radical (unpaired) electrons. The lowest BCUT2D eigenvalue weighted by molar-refractivity contribution is 0.592. The third kappa shape index (κ3) is 1.87. The fraction of sp³-hybridized carbons (Fsp3) is 0.238. The Kier molecular flexibility index (Phi) is 2.96. The van der Waals surface area contributed by atoms with Crippen LogP contribution in [0.4, 0.5) is 0 Å². The molecular weight excluding hydrogens is 396 g/mol. The molecule has 0 spiro atoms. The van der Waals surface area contributed by atoms with E-state index in [9.17, 15) is 8.42 Å². The Bertz CT molecular complexity index is 1110. The first-order chi connectivity index (χ1) is 11.8. The normalized spacial score (nSPS) is 26.0. The van der Waals surface area contributed by atoms with Gasteiger partial charge in [-0.2, -0.15) is 0 Å². The summed E-state index contributed by atoms with van der Waals surface area (Å²) in [6.45, 7) is 4.43. The first-order valence-corrected chi connectivity index (χ1v) is 10.7. The fourth-order valence-corrected chi connectivity index (χ4v) is 6.95. The quantitative estimate of drug-likeness (QED) is 0.601.